The van der Waals surface area contributed by atoms with Crippen molar-refractivity contribution in [2.75, 3.05) is 6.61 Å². The Labute approximate surface area is 182 Å². The fourth-order valence-electron chi connectivity index (χ4n) is 4.31. The number of rotatable bonds is 4. The van der Waals surface area contributed by atoms with Crippen LogP contribution in [0.5, 0.6) is 5.75 Å². The highest BCUT2D eigenvalue weighted by Gasteiger charge is 2.35. The fourth-order valence-corrected chi connectivity index (χ4v) is 4.69. The van der Waals surface area contributed by atoms with Gasteiger partial charge < -0.3 is 14.5 Å². The van der Waals surface area contributed by atoms with Gasteiger partial charge in [0.15, 0.2) is 0 Å². The molecule has 5 heteroatoms. The zero-order chi connectivity index (χ0) is 20.8. The van der Waals surface area contributed by atoms with Crippen LogP contribution in [0.15, 0.2) is 52.4 Å². The van der Waals surface area contributed by atoms with Gasteiger partial charge in [-0.05, 0) is 56.0 Å². The van der Waals surface area contributed by atoms with E-state index < -0.39 is 0 Å². The van der Waals surface area contributed by atoms with Crippen LogP contribution in [-0.2, 0) is 17.6 Å². The Morgan fingerprint density at radius 3 is 2.90 bits per heavy atom. The lowest BCUT2D eigenvalue weighted by molar-refractivity contribution is 0.323. The van der Waals surface area contributed by atoms with Gasteiger partial charge in [-0.3, -0.25) is 0 Å². The molecule has 1 N–H and O–H groups in total. The number of halogens is 1. The number of hydrogen-bond acceptors (Lipinski definition) is 3. The van der Waals surface area contributed by atoms with Crippen molar-refractivity contribution < 1.29 is 9.47 Å². The van der Waals surface area contributed by atoms with Crippen LogP contribution in [-0.4, -0.2) is 17.5 Å². The van der Waals surface area contributed by atoms with Crippen LogP contribution in [0.2, 0.25) is 5.02 Å². The number of fused-ring (bicyclic) bond motifs is 4. The number of allylic oxidation sites excluding steroid dienone is 4. The third kappa shape index (κ3) is 3.29. The molecule has 1 aromatic heterocycles. The summed E-state index contributed by atoms with van der Waals surface area (Å²) in [4.78, 5) is 8.10. The third-order valence-electron chi connectivity index (χ3n) is 5.99. The maximum atomic E-state index is 6.61. The van der Waals surface area contributed by atoms with Gasteiger partial charge in [-0.1, -0.05) is 47.9 Å². The van der Waals surface area contributed by atoms with Crippen LogP contribution in [0.1, 0.15) is 61.2 Å². The lowest BCUT2D eigenvalue weighted by Crippen LogP contribution is -2.09. The molecule has 2 aromatic rings. The lowest BCUT2D eigenvalue weighted by atomic mass is 10.0. The minimum absolute atomic E-state index is 0.508. The molecule has 5 rings (SSSR count). The zero-order valence-electron chi connectivity index (χ0n) is 17.5. The smallest absolute Gasteiger partial charge is 0.227 e. The highest BCUT2D eigenvalue weighted by molar-refractivity contribution is 6.34. The van der Waals surface area contributed by atoms with Crippen molar-refractivity contribution in [2.24, 2.45) is 4.99 Å². The summed E-state index contributed by atoms with van der Waals surface area (Å²) < 4.78 is 12.0. The third-order valence-corrected chi connectivity index (χ3v) is 6.41. The molecule has 2 heterocycles. The SMILES string of the molecule is CCOC1=NC(Oc2ccc3c(c2)C=CC(C)=C2CC23)=CCc2[nH]c(CC)c(Cl)c21. The molecule has 0 spiro atoms. The Hall–Kier alpha value is -2.72. The first kappa shape index (κ1) is 19.3. The van der Waals surface area contributed by atoms with Crippen LogP contribution in [0.25, 0.3) is 6.08 Å². The molecule has 0 bridgehead atoms. The van der Waals surface area contributed by atoms with Crippen molar-refractivity contribution in [2.45, 2.75) is 46.0 Å². The van der Waals surface area contributed by atoms with Crippen LogP contribution >= 0.6 is 11.6 Å². The van der Waals surface area contributed by atoms with Gasteiger partial charge in [-0.25, -0.2) is 0 Å². The number of H-pyrrole nitrogens is 1. The molecule has 1 aliphatic heterocycles. The molecule has 0 amide bonds. The number of hydrogen-bond donors (Lipinski definition) is 1. The molecule has 3 aliphatic rings. The van der Waals surface area contributed by atoms with Crippen LogP contribution in [0.4, 0.5) is 0 Å². The normalized spacial score (nSPS) is 19.1. The van der Waals surface area contributed by atoms with Gasteiger partial charge in [-0.2, -0.15) is 4.99 Å². The van der Waals surface area contributed by atoms with Crippen molar-refractivity contribution in [3.63, 3.8) is 0 Å². The molecule has 1 saturated carbocycles. The second-order valence-corrected chi connectivity index (χ2v) is 8.29. The molecule has 0 radical (unpaired) electrons. The highest BCUT2D eigenvalue weighted by Crippen LogP contribution is 2.52. The number of benzene rings is 1. The van der Waals surface area contributed by atoms with E-state index >= 15 is 0 Å². The molecule has 154 valence electrons. The Balaban J connectivity index is 1.45. The maximum absolute atomic E-state index is 6.61. The van der Waals surface area contributed by atoms with Crippen molar-refractivity contribution in [3.8, 4) is 5.75 Å². The van der Waals surface area contributed by atoms with Crippen molar-refractivity contribution >= 4 is 23.6 Å². The molecule has 0 saturated heterocycles. The van der Waals surface area contributed by atoms with Crippen LogP contribution in [0, 0.1) is 0 Å². The quantitative estimate of drug-likeness (QED) is 0.628. The van der Waals surface area contributed by atoms with Gasteiger partial charge in [0, 0.05) is 23.7 Å². The van der Waals surface area contributed by atoms with Gasteiger partial charge in [0.25, 0.3) is 0 Å². The van der Waals surface area contributed by atoms with E-state index in [0.717, 1.165) is 29.1 Å². The topological polar surface area (TPSA) is 46.6 Å². The molecule has 1 aromatic carbocycles. The summed E-state index contributed by atoms with van der Waals surface area (Å²) in [6.07, 6.45) is 9.03. The van der Waals surface area contributed by atoms with E-state index in [1.165, 1.54) is 23.1 Å². The summed E-state index contributed by atoms with van der Waals surface area (Å²) in [5.41, 5.74) is 8.41. The molecular formula is C25H25ClN2O2. The molecular weight excluding hydrogens is 396 g/mol. The van der Waals surface area contributed by atoms with E-state index in [2.05, 4.69) is 48.1 Å². The van der Waals surface area contributed by atoms with E-state index in [1.54, 1.807) is 5.57 Å². The molecule has 1 unspecified atom stereocenters. The first-order valence-electron chi connectivity index (χ1n) is 10.6. The molecule has 1 fully saturated rings. The number of nitrogens with zero attached hydrogens (tertiary/aromatic N) is 1. The largest absolute Gasteiger partial charge is 0.477 e. The number of aromatic amines is 1. The standard InChI is InChI=1S/C25H25ClN2O2/c1-4-20-24(26)23-21(27-20)10-11-22(28-25(23)29-5-2)30-16-8-9-17-15(12-16)7-6-14(3)18-13-19(17)18/h6-9,11-12,19,27H,4-5,10,13H2,1-3H3. The van der Waals surface area contributed by atoms with E-state index in [0.29, 0.717) is 35.7 Å². The Bertz CT molecular complexity index is 1150. The van der Waals surface area contributed by atoms with E-state index in [-0.39, 0.29) is 0 Å². The van der Waals surface area contributed by atoms with E-state index in [1.807, 2.05) is 19.1 Å². The minimum atomic E-state index is 0.508. The summed E-state index contributed by atoms with van der Waals surface area (Å²) in [7, 11) is 0. The Kier molecular flexibility index (Phi) is 4.82. The fraction of sp³-hybridized carbons (Fsp3) is 0.320. The molecule has 2 aliphatic carbocycles. The monoisotopic (exact) mass is 420 g/mol. The number of aromatic nitrogens is 1. The first-order chi connectivity index (χ1) is 14.6. The predicted molar refractivity (Wildman–Crippen MR) is 121 cm³/mol. The maximum Gasteiger partial charge on any atom is 0.227 e. The van der Waals surface area contributed by atoms with Crippen molar-refractivity contribution in [1.82, 2.24) is 4.98 Å². The second kappa shape index (κ2) is 7.51. The minimum Gasteiger partial charge on any atom is -0.477 e. The average molecular weight is 421 g/mol. The summed E-state index contributed by atoms with van der Waals surface area (Å²) >= 11 is 6.61. The molecule has 4 nitrogen and oxygen atoms in total. The molecule has 1 atom stereocenters. The highest BCUT2D eigenvalue weighted by atomic mass is 35.5. The van der Waals surface area contributed by atoms with Crippen LogP contribution < -0.4 is 4.74 Å². The summed E-state index contributed by atoms with van der Waals surface area (Å²) in [6, 6.07) is 6.32. The number of nitrogens with one attached hydrogen (secondary N) is 1. The van der Waals surface area contributed by atoms with Gasteiger partial charge >= 0.3 is 0 Å². The first-order valence-corrected chi connectivity index (χ1v) is 11.0. The average Bonchev–Trinajstić information content (AvgIpc) is 3.50. The zero-order valence-corrected chi connectivity index (χ0v) is 18.3. The second-order valence-electron chi connectivity index (χ2n) is 7.91. The van der Waals surface area contributed by atoms with Crippen molar-refractivity contribution in [3.05, 3.63) is 80.5 Å². The van der Waals surface area contributed by atoms with E-state index in [9.17, 15) is 0 Å². The summed E-state index contributed by atoms with van der Waals surface area (Å²) in [6.45, 7) is 6.72. The van der Waals surface area contributed by atoms with Gasteiger partial charge in [-0.15, -0.1) is 0 Å². The van der Waals surface area contributed by atoms with Crippen molar-refractivity contribution in [1.29, 1.82) is 0 Å². The number of ether oxygens (including phenoxy) is 2. The Morgan fingerprint density at radius 2 is 2.10 bits per heavy atom. The Morgan fingerprint density at radius 1 is 1.23 bits per heavy atom. The van der Waals surface area contributed by atoms with Gasteiger partial charge in [0.2, 0.25) is 11.8 Å². The number of aliphatic imine (C=N–C) groups is 1. The van der Waals surface area contributed by atoms with Gasteiger partial charge in [0.1, 0.15) is 5.75 Å². The predicted octanol–water partition coefficient (Wildman–Crippen LogP) is 6.32. The van der Waals surface area contributed by atoms with Gasteiger partial charge in [0.05, 0.1) is 17.2 Å². The summed E-state index contributed by atoms with van der Waals surface area (Å²) in [5, 5.41) is 0.688. The van der Waals surface area contributed by atoms with E-state index in [4.69, 9.17) is 21.1 Å². The number of aryl methyl sites for hydroxylation is 1. The summed E-state index contributed by atoms with van der Waals surface area (Å²) in [5.74, 6) is 2.38. The molecule has 30 heavy (non-hydrogen) atoms. The lowest BCUT2D eigenvalue weighted by Gasteiger charge is -2.11. The van der Waals surface area contributed by atoms with Crippen LogP contribution in [0.3, 0.4) is 0 Å².